The predicted molar refractivity (Wildman–Crippen MR) is 139 cm³/mol. The van der Waals surface area contributed by atoms with Crippen LogP contribution in [0.25, 0.3) is 0 Å². The van der Waals surface area contributed by atoms with E-state index in [2.05, 4.69) is 37.4 Å². The summed E-state index contributed by atoms with van der Waals surface area (Å²) in [6.07, 6.45) is 9.63. The number of hydrogen-bond donors (Lipinski definition) is 3. The van der Waals surface area contributed by atoms with Gasteiger partial charge in [-0.3, -0.25) is 9.18 Å². The fraction of sp³-hybridized carbons (Fsp3) is 0.586. The van der Waals surface area contributed by atoms with Gasteiger partial charge < -0.3 is 20.1 Å². The average molecular weight is 507 g/mol. The lowest BCUT2D eigenvalue weighted by Gasteiger charge is -2.33. The van der Waals surface area contributed by atoms with Gasteiger partial charge in [0.25, 0.3) is 0 Å². The van der Waals surface area contributed by atoms with Crippen LogP contribution in [0.1, 0.15) is 56.1 Å². The summed E-state index contributed by atoms with van der Waals surface area (Å²) in [6.45, 7) is 5.95. The highest BCUT2D eigenvalue weighted by atomic mass is 19.1. The molecule has 0 amide bonds. The first-order chi connectivity index (χ1) is 17.4. The van der Waals surface area contributed by atoms with Crippen LogP contribution in [-0.4, -0.2) is 60.7 Å². The van der Waals surface area contributed by atoms with Gasteiger partial charge in [-0.05, 0) is 67.9 Å². The summed E-state index contributed by atoms with van der Waals surface area (Å²) in [4.78, 5) is 21.1. The molecule has 0 aliphatic heterocycles. The number of carbonyl (C=O) groups is 2. The van der Waals surface area contributed by atoms with Crippen molar-refractivity contribution in [3.63, 3.8) is 0 Å². The number of esters is 1. The van der Waals surface area contributed by atoms with Crippen molar-refractivity contribution < 1.29 is 34.0 Å². The Bertz CT molecular complexity index is 783. The van der Waals surface area contributed by atoms with Crippen LogP contribution in [0.4, 0.5) is 4.39 Å². The molecule has 7 heteroatoms. The van der Waals surface area contributed by atoms with E-state index in [9.17, 15) is 19.1 Å². The Balaban J connectivity index is 0.000000960. The van der Waals surface area contributed by atoms with E-state index in [4.69, 9.17) is 14.9 Å². The van der Waals surface area contributed by atoms with Gasteiger partial charge in [-0.25, -0.2) is 4.79 Å². The number of unbranched alkanes of at least 4 members (excludes halogenated alkanes) is 1. The van der Waals surface area contributed by atoms with Crippen LogP contribution >= 0.6 is 0 Å². The number of alkyl halides is 1. The van der Waals surface area contributed by atoms with Crippen LogP contribution in [0.2, 0.25) is 0 Å². The molecule has 1 saturated carbocycles. The fourth-order valence-corrected chi connectivity index (χ4v) is 4.34. The maximum absolute atomic E-state index is 12.2. The second-order valence-corrected chi connectivity index (χ2v) is 9.52. The average Bonchev–Trinajstić information content (AvgIpc) is 2.92. The molecule has 1 aromatic rings. The van der Waals surface area contributed by atoms with E-state index in [1.807, 2.05) is 0 Å². The van der Waals surface area contributed by atoms with Gasteiger partial charge in [-0.1, -0.05) is 50.3 Å². The van der Waals surface area contributed by atoms with Crippen molar-refractivity contribution >= 4 is 12.3 Å². The zero-order chi connectivity index (χ0) is 26.8. The van der Waals surface area contributed by atoms with Crippen LogP contribution < -0.4 is 0 Å². The van der Waals surface area contributed by atoms with Gasteiger partial charge in [-0.15, -0.1) is 0 Å². The Morgan fingerprint density at radius 3 is 2.08 bits per heavy atom. The third-order valence-corrected chi connectivity index (χ3v) is 6.78. The van der Waals surface area contributed by atoms with Crippen molar-refractivity contribution in [3.8, 4) is 0 Å². The number of rotatable bonds is 15. The number of aliphatic hydroxyl groups excluding tert-OH is 3. The van der Waals surface area contributed by atoms with Gasteiger partial charge >= 0.3 is 5.97 Å². The van der Waals surface area contributed by atoms with Gasteiger partial charge in [0.15, 0.2) is 0 Å². The number of halogens is 1. The number of aryl methyl sites for hydroxylation is 2. The van der Waals surface area contributed by atoms with Crippen molar-refractivity contribution in [2.24, 2.45) is 17.8 Å². The Labute approximate surface area is 214 Å². The van der Waals surface area contributed by atoms with E-state index in [0.717, 1.165) is 44.9 Å². The minimum atomic E-state index is -0.585. The third kappa shape index (κ3) is 12.6. The van der Waals surface area contributed by atoms with Gasteiger partial charge in [0.1, 0.15) is 6.29 Å². The fourth-order valence-electron chi connectivity index (χ4n) is 4.34. The van der Waals surface area contributed by atoms with Crippen LogP contribution in [0.15, 0.2) is 48.6 Å². The smallest absolute Gasteiger partial charge is 0.335 e. The molecule has 0 saturated heterocycles. The molecule has 0 aromatic heterocycles. The van der Waals surface area contributed by atoms with E-state index >= 15 is 0 Å². The lowest BCUT2D eigenvalue weighted by atomic mass is 9.74. The van der Waals surface area contributed by atoms with Crippen LogP contribution in [0, 0.1) is 17.8 Å². The number of aldehydes is 1. The van der Waals surface area contributed by atoms with Gasteiger partial charge in [-0.2, -0.15) is 0 Å². The van der Waals surface area contributed by atoms with Gasteiger partial charge in [0.2, 0.25) is 0 Å². The van der Waals surface area contributed by atoms with E-state index in [-0.39, 0.29) is 43.6 Å². The number of ether oxygens (including phenoxy) is 1. The molecule has 1 unspecified atom stereocenters. The number of carbonyl (C=O) groups excluding carboxylic acids is 2. The SMILES string of the molecule is C=C(C=O)CO.C=C(CO)C(=O)OCC(CO)C1CCC(CCc2ccc(CCCCF)cc2)CC1. The summed E-state index contributed by atoms with van der Waals surface area (Å²) in [7, 11) is 0. The highest BCUT2D eigenvalue weighted by Crippen LogP contribution is 2.35. The van der Waals surface area contributed by atoms with Crippen LogP contribution in [0.5, 0.6) is 0 Å². The summed E-state index contributed by atoms with van der Waals surface area (Å²) >= 11 is 0. The first-order valence-corrected chi connectivity index (χ1v) is 12.8. The number of aliphatic hydroxyl groups is 3. The molecule has 3 N–H and O–H groups in total. The molecule has 1 aromatic carbocycles. The molecule has 0 radical (unpaired) electrons. The Kier molecular flexibility index (Phi) is 16.6. The minimum absolute atomic E-state index is 0.00585. The lowest BCUT2D eigenvalue weighted by molar-refractivity contribution is -0.142. The quantitative estimate of drug-likeness (QED) is 0.143. The first kappa shape index (κ1) is 31.7. The van der Waals surface area contributed by atoms with E-state index in [0.29, 0.717) is 24.5 Å². The number of benzene rings is 1. The lowest BCUT2D eigenvalue weighted by Crippen LogP contribution is -2.29. The molecular weight excluding hydrogens is 463 g/mol. The standard InChI is InChI=1S/C25H37FO4.C4H6O2/c1-19(16-27)25(29)30-18-24(17-28)23-13-11-22(12-14-23)10-9-21-7-5-20(6-8-21)4-2-3-15-26;1-4(2-5)3-6/h5-8,22-24,27-28H,1-4,9-18H2;2,6H,1,3H2. The van der Waals surface area contributed by atoms with Gasteiger partial charge in [0.05, 0.1) is 32.1 Å². The molecule has 1 fully saturated rings. The predicted octanol–water partition coefficient (Wildman–Crippen LogP) is 4.15. The Hall–Kier alpha value is -2.35. The first-order valence-electron chi connectivity index (χ1n) is 12.8. The van der Waals surface area contributed by atoms with E-state index < -0.39 is 12.6 Å². The van der Waals surface area contributed by atoms with Crippen LogP contribution in [0.3, 0.4) is 0 Å². The molecule has 0 bridgehead atoms. The minimum Gasteiger partial charge on any atom is -0.462 e. The molecule has 1 aliphatic carbocycles. The third-order valence-electron chi connectivity index (χ3n) is 6.78. The summed E-state index contributed by atoms with van der Waals surface area (Å²) in [5.74, 6) is 0.427. The van der Waals surface area contributed by atoms with Gasteiger partial charge in [0, 0.05) is 18.1 Å². The molecule has 1 atom stereocenters. The largest absolute Gasteiger partial charge is 0.462 e. The second-order valence-electron chi connectivity index (χ2n) is 9.52. The summed E-state index contributed by atoms with van der Waals surface area (Å²) < 4.78 is 17.4. The maximum Gasteiger partial charge on any atom is 0.335 e. The molecule has 0 spiro atoms. The molecule has 36 heavy (non-hydrogen) atoms. The Morgan fingerprint density at radius 2 is 1.61 bits per heavy atom. The van der Waals surface area contributed by atoms with Crippen molar-refractivity contribution in [2.75, 3.05) is 33.1 Å². The second kappa shape index (κ2) is 18.9. The topological polar surface area (TPSA) is 104 Å². The molecular formula is C29H43FO6. The molecule has 2 rings (SSSR count). The zero-order valence-corrected chi connectivity index (χ0v) is 21.4. The van der Waals surface area contributed by atoms with Crippen molar-refractivity contribution in [2.45, 2.75) is 57.8 Å². The van der Waals surface area contributed by atoms with E-state index in [1.165, 1.54) is 17.5 Å². The monoisotopic (exact) mass is 506 g/mol. The maximum atomic E-state index is 12.2. The van der Waals surface area contributed by atoms with Crippen molar-refractivity contribution in [1.29, 1.82) is 0 Å². The molecule has 0 heterocycles. The molecule has 202 valence electrons. The molecule has 6 nitrogen and oxygen atoms in total. The van der Waals surface area contributed by atoms with Crippen LogP contribution in [-0.2, 0) is 27.2 Å². The van der Waals surface area contributed by atoms with E-state index in [1.54, 1.807) is 0 Å². The zero-order valence-electron chi connectivity index (χ0n) is 21.4. The highest BCUT2D eigenvalue weighted by molar-refractivity contribution is 5.87. The summed E-state index contributed by atoms with van der Waals surface area (Å²) in [6, 6.07) is 8.74. The molecule has 1 aliphatic rings. The highest BCUT2D eigenvalue weighted by Gasteiger charge is 2.28. The summed E-state index contributed by atoms with van der Waals surface area (Å²) in [5, 5.41) is 26.7. The van der Waals surface area contributed by atoms with Crippen molar-refractivity contribution in [1.82, 2.24) is 0 Å². The summed E-state index contributed by atoms with van der Waals surface area (Å²) in [5.41, 5.74) is 2.90. The Morgan fingerprint density at radius 1 is 1.00 bits per heavy atom. The van der Waals surface area contributed by atoms with Crippen molar-refractivity contribution in [3.05, 3.63) is 59.7 Å². The normalized spacial score (nSPS) is 17.9. The number of hydrogen-bond acceptors (Lipinski definition) is 6.